The minimum absolute atomic E-state index is 0.00463. The van der Waals surface area contributed by atoms with Crippen LogP contribution in [0.4, 0.5) is 11.4 Å². The number of benzene rings is 4. The highest BCUT2D eigenvalue weighted by Gasteiger charge is 2.24. The van der Waals surface area contributed by atoms with Gasteiger partial charge >= 0.3 is 0 Å². The molecule has 57 heavy (non-hydrogen) atoms. The van der Waals surface area contributed by atoms with Crippen molar-refractivity contribution in [2.45, 2.75) is 6.54 Å². The summed E-state index contributed by atoms with van der Waals surface area (Å²) < 4.78 is 14.0. The largest absolute Gasteiger partial charge is 0.495 e. The number of rotatable bonds is 7. The topological polar surface area (TPSA) is 112 Å². The number of methoxy groups -OCH3 is 2. The van der Waals surface area contributed by atoms with Crippen molar-refractivity contribution < 1.29 is 19.1 Å². The van der Waals surface area contributed by atoms with E-state index in [4.69, 9.17) is 44.3 Å². The number of hydrogen-bond acceptors (Lipinski definition) is 8. The molecule has 6 aromatic rings. The molecule has 0 saturated carbocycles. The maximum Gasteiger partial charge on any atom is 0.244 e. The Bertz CT molecular complexity index is 2310. The van der Waals surface area contributed by atoms with Crippen LogP contribution in [0.15, 0.2) is 94.1 Å². The Morgan fingerprint density at radius 3 is 1.74 bits per heavy atom. The maximum absolute atomic E-state index is 12.8. The molecule has 2 fully saturated rings. The maximum atomic E-state index is 12.8. The van der Waals surface area contributed by atoms with E-state index in [0.717, 1.165) is 68.6 Å². The summed E-state index contributed by atoms with van der Waals surface area (Å²) in [5.74, 6) is 1.45. The van der Waals surface area contributed by atoms with Crippen molar-refractivity contribution in [2.24, 2.45) is 0 Å². The third-order valence-corrected chi connectivity index (χ3v) is 11.7. The van der Waals surface area contributed by atoms with Crippen molar-refractivity contribution in [3.63, 3.8) is 0 Å². The number of ether oxygens (including phenoxy) is 2. The van der Waals surface area contributed by atoms with Crippen molar-refractivity contribution in [2.75, 3.05) is 82.3 Å². The lowest BCUT2D eigenvalue weighted by Crippen LogP contribution is -2.49. The molecule has 0 unspecified atom stereocenters. The lowest BCUT2D eigenvalue weighted by atomic mass is 10.2. The highest BCUT2D eigenvalue weighted by molar-refractivity contribution is 9.10. The van der Waals surface area contributed by atoms with E-state index in [9.17, 15) is 9.59 Å². The predicted molar refractivity (Wildman–Crippen MR) is 236 cm³/mol. The molecular formula is C40H41Br2Cl3N8O4. The van der Waals surface area contributed by atoms with Crippen molar-refractivity contribution in [1.29, 1.82) is 0 Å². The zero-order valence-corrected chi connectivity index (χ0v) is 36.7. The molecule has 0 spiro atoms. The van der Waals surface area contributed by atoms with Crippen molar-refractivity contribution >= 4 is 112 Å². The highest BCUT2D eigenvalue weighted by atomic mass is 79.9. The first-order chi connectivity index (χ1) is 27.6. The van der Waals surface area contributed by atoms with Gasteiger partial charge in [0.05, 0.1) is 35.3 Å². The fourth-order valence-corrected chi connectivity index (χ4v) is 8.07. The van der Waals surface area contributed by atoms with E-state index in [1.54, 1.807) is 23.8 Å². The van der Waals surface area contributed by atoms with Gasteiger partial charge < -0.3 is 29.1 Å². The Kier molecular flexibility index (Phi) is 14.9. The average molecular weight is 964 g/mol. The molecule has 0 bridgehead atoms. The molecule has 12 nitrogen and oxygen atoms in total. The van der Waals surface area contributed by atoms with Crippen LogP contribution in [0, 0.1) is 0 Å². The van der Waals surface area contributed by atoms with Crippen molar-refractivity contribution in [1.82, 2.24) is 29.8 Å². The zero-order valence-electron chi connectivity index (χ0n) is 31.3. The summed E-state index contributed by atoms with van der Waals surface area (Å²) in [5, 5.41) is 14.7. The number of carbonyl (C=O) groups excluding carboxylic acids is 2. The number of fused-ring (bicyclic) bond motifs is 2. The molecule has 0 aliphatic carbocycles. The van der Waals surface area contributed by atoms with Gasteiger partial charge in [0.2, 0.25) is 11.8 Å². The Morgan fingerprint density at radius 2 is 1.21 bits per heavy atom. The van der Waals surface area contributed by atoms with Gasteiger partial charge in [-0.2, -0.15) is 10.2 Å². The van der Waals surface area contributed by atoms with Crippen molar-refractivity contribution in [3.8, 4) is 11.5 Å². The number of alkyl halides is 1. The first-order valence-electron chi connectivity index (χ1n) is 18.1. The molecule has 0 atom stereocenters. The summed E-state index contributed by atoms with van der Waals surface area (Å²) in [5.41, 5.74) is 4.05. The van der Waals surface area contributed by atoms with Gasteiger partial charge in [-0.05, 0) is 68.3 Å². The standard InChI is InChI=1S/C20H20BrClN4O2.C13H16Cl2N2O2.C7H5BrN2/c1-28-18-12-14(6-7-16(18)22)24-8-10-25(11-9-24)19(27)13-26-17-5-3-2-4-15(17)20(21)23-26;1-19-12-8-10(2-3-11(12)15)16-4-6-17(7-5-16)13(18)9-14;8-7-5-3-1-2-4-6(5)9-10-7/h2-7,12H,8-11,13H2,1H3;2-3,8H,4-7,9H2,1H3;1-4H,(H,9,10). The number of amides is 2. The summed E-state index contributed by atoms with van der Waals surface area (Å²) >= 11 is 24.5. The van der Waals surface area contributed by atoms with E-state index in [1.807, 2.05) is 89.8 Å². The molecule has 8 rings (SSSR count). The Balaban J connectivity index is 0.000000162. The van der Waals surface area contributed by atoms with Crippen LogP contribution < -0.4 is 19.3 Å². The van der Waals surface area contributed by atoms with Gasteiger partial charge in [0.15, 0.2) is 0 Å². The van der Waals surface area contributed by atoms with Crippen LogP contribution in [0.25, 0.3) is 21.8 Å². The number of H-pyrrole nitrogens is 1. The summed E-state index contributed by atoms with van der Waals surface area (Å²) in [6, 6.07) is 27.3. The number of anilines is 2. The Morgan fingerprint density at radius 1 is 0.702 bits per heavy atom. The monoisotopic (exact) mass is 960 g/mol. The molecule has 2 aliphatic rings. The van der Waals surface area contributed by atoms with Gasteiger partial charge in [-0.25, -0.2) is 0 Å². The van der Waals surface area contributed by atoms with Crippen LogP contribution in [0.3, 0.4) is 0 Å². The van der Waals surface area contributed by atoms with E-state index >= 15 is 0 Å². The molecule has 2 amide bonds. The fourth-order valence-electron chi connectivity index (χ4n) is 6.56. The number of hydrogen-bond donors (Lipinski definition) is 1. The molecular weight excluding hydrogens is 923 g/mol. The quantitative estimate of drug-likeness (QED) is 0.159. The molecule has 4 aromatic carbocycles. The third kappa shape index (κ3) is 10.5. The van der Waals surface area contributed by atoms with Crippen LogP contribution in [0.1, 0.15) is 0 Å². The van der Waals surface area contributed by atoms with Gasteiger partial charge in [0.25, 0.3) is 0 Å². The van der Waals surface area contributed by atoms with E-state index in [1.165, 1.54) is 0 Å². The molecule has 17 heteroatoms. The summed E-state index contributed by atoms with van der Waals surface area (Å²) in [4.78, 5) is 32.4. The van der Waals surface area contributed by atoms with Crippen LogP contribution >= 0.6 is 66.7 Å². The average Bonchev–Trinajstić information content (AvgIpc) is 3.79. The lowest BCUT2D eigenvalue weighted by Gasteiger charge is -2.36. The second kappa shape index (κ2) is 20.0. The number of para-hydroxylation sites is 2. The van der Waals surface area contributed by atoms with E-state index in [0.29, 0.717) is 47.7 Å². The van der Waals surface area contributed by atoms with E-state index < -0.39 is 0 Å². The van der Waals surface area contributed by atoms with E-state index in [-0.39, 0.29) is 24.2 Å². The van der Waals surface area contributed by atoms with Gasteiger partial charge in [-0.3, -0.25) is 19.4 Å². The van der Waals surface area contributed by atoms with Crippen LogP contribution in [0.5, 0.6) is 11.5 Å². The molecule has 1 N–H and O–H groups in total. The summed E-state index contributed by atoms with van der Waals surface area (Å²) in [6.07, 6.45) is 0. The molecule has 2 aromatic heterocycles. The molecule has 2 saturated heterocycles. The van der Waals surface area contributed by atoms with Gasteiger partial charge in [0.1, 0.15) is 33.1 Å². The number of piperazine rings is 2. The number of halogens is 5. The second-order valence-corrected chi connectivity index (χ2v) is 15.7. The van der Waals surface area contributed by atoms with Gasteiger partial charge in [-0.15, -0.1) is 11.6 Å². The van der Waals surface area contributed by atoms with E-state index in [2.05, 4.69) is 57.0 Å². The first-order valence-corrected chi connectivity index (χ1v) is 21.0. The minimum atomic E-state index is -0.00463. The fraction of sp³-hybridized carbons (Fsp3) is 0.300. The minimum Gasteiger partial charge on any atom is -0.495 e. The number of aromatic amines is 1. The van der Waals surface area contributed by atoms with Crippen LogP contribution in [0.2, 0.25) is 10.0 Å². The normalized spacial score (nSPS) is 14.2. The second-order valence-electron chi connectivity index (χ2n) is 13.0. The van der Waals surface area contributed by atoms with Crippen LogP contribution in [-0.4, -0.2) is 114 Å². The summed E-state index contributed by atoms with van der Waals surface area (Å²) in [6.45, 7) is 6.06. The number of nitrogens with zero attached hydrogens (tertiary/aromatic N) is 7. The van der Waals surface area contributed by atoms with Crippen molar-refractivity contribution in [3.05, 3.63) is 104 Å². The third-order valence-electron chi connectivity index (χ3n) is 9.69. The Labute approximate surface area is 362 Å². The number of carbonyl (C=O) groups is 2. The smallest absolute Gasteiger partial charge is 0.244 e. The molecule has 2 aliphatic heterocycles. The number of aromatic nitrogens is 4. The molecule has 0 radical (unpaired) electrons. The van der Waals surface area contributed by atoms with Gasteiger partial charge in [-0.1, -0.05) is 59.6 Å². The molecule has 4 heterocycles. The van der Waals surface area contributed by atoms with Gasteiger partial charge in [0, 0.05) is 86.6 Å². The first kappa shape index (κ1) is 42.4. The predicted octanol–water partition coefficient (Wildman–Crippen LogP) is 8.37. The van der Waals surface area contributed by atoms with Crippen LogP contribution in [-0.2, 0) is 16.1 Å². The molecule has 300 valence electrons. The highest BCUT2D eigenvalue weighted by Crippen LogP contribution is 2.31. The lowest BCUT2D eigenvalue weighted by molar-refractivity contribution is -0.132. The summed E-state index contributed by atoms with van der Waals surface area (Å²) in [7, 11) is 3.21. The Hall–Kier alpha value is -4.21. The number of nitrogens with one attached hydrogen (secondary N) is 1. The SMILES string of the molecule is Brc1[nH]nc2ccccc12.COc1cc(N2CCN(C(=O)CCl)CC2)ccc1Cl.COc1cc(N2CCN(C(=O)Cn3nc(Br)c4ccccc43)CC2)ccc1Cl. The zero-order chi connectivity index (χ0) is 40.5.